The van der Waals surface area contributed by atoms with Gasteiger partial charge in [-0.3, -0.25) is 9.36 Å². The Morgan fingerprint density at radius 2 is 1.80 bits per heavy atom. The lowest BCUT2D eigenvalue weighted by Gasteiger charge is -2.26. The van der Waals surface area contributed by atoms with Crippen LogP contribution in [0.2, 0.25) is 0 Å². The van der Waals surface area contributed by atoms with Crippen molar-refractivity contribution in [3.05, 3.63) is 93.5 Å². The van der Waals surface area contributed by atoms with Crippen molar-refractivity contribution in [2.45, 2.75) is 70.8 Å². The Bertz CT molecular complexity index is 1420. The van der Waals surface area contributed by atoms with E-state index in [1.54, 1.807) is 0 Å². The largest absolute Gasteiger partial charge is 0.290 e. The molecule has 5 nitrogen and oxygen atoms in total. The molecule has 0 radical (unpaired) electrons. The maximum absolute atomic E-state index is 14.0. The van der Waals surface area contributed by atoms with E-state index in [1.807, 2.05) is 45.6 Å². The molecule has 178 valence electrons. The number of fused-ring (bicyclic) bond motifs is 1. The van der Waals surface area contributed by atoms with Crippen LogP contribution in [0.3, 0.4) is 0 Å². The summed E-state index contributed by atoms with van der Waals surface area (Å²) in [4.78, 5) is 14.0. The summed E-state index contributed by atoms with van der Waals surface area (Å²) in [7, 11) is 0. The van der Waals surface area contributed by atoms with Gasteiger partial charge >= 0.3 is 0 Å². The number of nitriles is 1. The Labute approximate surface area is 206 Å². The Balaban J connectivity index is 1.57. The monoisotopic (exact) mass is 464 g/mol. The molecule has 4 aromatic rings. The van der Waals surface area contributed by atoms with Gasteiger partial charge in [-0.05, 0) is 48.4 Å². The molecule has 35 heavy (non-hydrogen) atoms. The van der Waals surface area contributed by atoms with E-state index in [0.717, 1.165) is 65.7 Å². The lowest BCUT2D eigenvalue weighted by Crippen LogP contribution is -2.33. The molecule has 5 heteroatoms. The summed E-state index contributed by atoms with van der Waals surface area (Å²) in [6, 6.07) is 20.5. The SMILES string of the molecule is CCCCc1c(Cc2ccc(-c3ccccc3C#N)cc2)c(=O)n(C2CCCCC2)c2ccnn12. The van der Waals surface area contributed by atoms with Gasteiger partial charge in [0.1, 0.15) is 5.65 Å². The number of nitrogens with zero attached hydrogens (tertiary/aromatic N) is 4. The maximum atomic E-state index is 14.0. The summed E-state index contributed by atoms with van der Waals surface area (Å²) >= 11 is 0. The van der Waals surface area contributed by atoms with E-state index in [9.17, 15) is 10.1 Å². The molecular weight excluding hydrogens is 432 g/mol. The van der Waals surface area contributed by atoms with Crippen molar-refractivity contribution < 1.29 is 0 Å². The van der Waals surface area contributed by atoms with E-state index in [0.29, 0.717) is 12.0 Å². The van der Waals surface area contributed by atoms with Crippen LogP contribution < -0.4 is 5.56 Å². The second kappa shape index (κ2) is 10.3. The summed E-state index contributed by atoms with van der Waals surface area (Å²) < 4.78 is 4.06. The molecular formula is C30H32N4O. The normalized spacial score (nSPS) is 14.3. The minimum Gasteiger partial charge on any atom is -0.290 e. The molecule has 5 rings (SSSR count). The van der Waals surface area contributed by atoms with Gasteiger partial charge < -0.3 is 0 Å². The molecule has 0 spiro atoms. The van der Waals surface area contributed by atoms with Gasteiger partial charge in [-0.1, -0.05) is 75.1 Å². The molecule has 0 aliphatic heterocycles. The zero-order valence-electron chi connectivity index (χ0n) is 20.4. The van der Waals surface area contributed by atoms with Crippen molar-refractivity contribution in [1.29, 1.82) is 5.26 Å². The smallest absolute Gasteiger partial charge is 0.257 e. The standard InChI is InChI=1S/C30H32N4O/c1-2-3-13-28-27(20-22-14-16-23(17-15-22)26-12-8-7-9-24(26)21-31)30(35)33(25-10-5-4-6-11-25)29-18-19-32-34(28)29/h7-9,12,14-19,25H,2-6,10-11,13,20H2,1H3. The first-order valence-electron chi connectivity index (χ1n) is 12.9. The van der Waals surface area contributed by atoms with E-state index >= 15 is 0 Å². The number of hydrogen-bond acceptors (Lipinski definition) is 3. The van der Waals surface area contributed by atoms with Gasteiger partial charge in [-0.15, -0.1) is 0 Å². The first-order valence-corrected chi connectivity index (χ1v) is 12.9. The summed E-state index contributed by atoms with van der Waals surface area (Å²) in [5.41, 5.74) is 6.70. The van der Waals surface area contributed by atoms with Crippen molar-refractivity contribution in [2.24, 2.45) is 0 Å². The Hall–Kier alpha value is -3.65. The van der Waals surface area contributed by atoms with Crippen LogP contribution in [0.5, 0.6) is 0 Å². The van der Waals surface area contributed by atoms with E-state index in [2.05, 4.69) is 42.4 Å². The van der Waals surface area contributed by atoms with E-state index in [4.69, 9.17) is 0 Å². The van der Waals surface area contributed by atoms with Crippen molar-refractivity contribution in [3.8, 4) is 17.2 Å². The van der Waals surface area contributed by atoms with Crippen LogP contribution in [0, 0.1) is 11.3 Å². The molecule has 1 saturated carbocycles. The number of benzene rings is 2. The fourth-order valence-corrected chi connectivity index (χ4v) is 5.50. The highest BCUT2D eigenvalue weighted by atomic mass is 16.1. The maximum Gasteiger partial charge on any atom is 0.257 e. The van der Waals surface area contributed by atoms with Crippen LogP contribution >= 0.6 is 0 Å². The number of unbranched alkanes of at least 4 members (excludes halogenated alkanes) is 1. The molecule has 2 heterocycles. The van der Waals surface area contributed by atoms with Crippen LogP contribution in [0.1, 0.15) is 80.3 Å². The van der Waals surface area contributed by atoms with Gasteiger partial charge in [0, 0.05) is 24.1 Å². The van der Waals surface area contributed by atoms with Crippen molar-refractivity contribution in [3.63, 3.8) is 0 Å². The van der Waals surface area contributed by atoms with Gasteiger partial charge in [0.2, 0.25) is 0 Å². The van der Waals surface area contributed by atoms with Crippen molar-refractivity contribution in [2.75, 3.05) is 0 Å². The number of aryl methyl sites for hydroxylation is 1. The zero-order chi connectivity index (χ0) is 24.2. The highest BCUT2D eigenvalue weighted by Crippen LogP contribution is 2.30. The Kier molecular flexibility index (Phi) is 6.81. The third-order valence-corrected chi connectivity index (χ3v) is 7.35. The summed E-state index contributed by atoms with van der Waals surface area (Å²) in [5, 5.41) is 14.1. The predicted octanol–water partition coefficient (Wildman–Crippen LogP) is 6.47. The van der Waals surface area contributed by atoms with Crippen molar-refractivity contribution in [1.82, 2.24) is 14.2 Å². The average molecular weight is 465 g/mol. The minimum atomic E-state index is 0.148. The van der Waals surface area contributed by atoms with Crippen LogP contribution in [-0.2, 0) is 12.8 Å². The van der Waals surface area contributed by atoms with Crippen LogP contribution in [0.4, 0.5) is 0 Å². The van der Waals surface area contributed by atoms with E-state index < -0.39 is 0 Å². The third kappa shape index (κ3) is 4.53. The van der Waals surface area contributed by atoms with Gasteiger partial charge in [0.05, 0.1) is 23.5 Å². The Morgan fingerprint density at radius 3 is 2.54 bits per heavy atom. The van der Waals surface area contributed by atoms with E-state index in [-0.39, 0.29) is 11.6 Å². The number of aromatic nitrogens is 3. The molecule has 2 aromatic carbocycles. The highest BCUT2D eigenvalue weighted by molar-refractivity contribution is 5.70. The van der Waals surface area contributed by atoms with Crippen LogP contribution in [0.15, 0.2) is 65.6 Å². The molecule has 0 saturated heterocycles. The number of hydrogen-bond donors (Lipinski definition) is 0. The van der Waals surface area contributed by atoms with Crippen LogP contribution in [-0.4, -0.2) is 14.2 Å². The molecule has 2 aromatic heterocycles. The highest BCUT2D eigenvalue weighted by Gasteiger charge is 2.24. The third-order valence-electron chi connectivity index (χ3n) is 7.35. The molecule has 0 unspecified atom stereocenters. The Morgan fingerprint density at radius 1 is 1.03 bits per heavy atom. The van der Waals surface area contributed by atoms with Crippen molar-refractivity contribution >= 4 is 5.65 Å². The molecule has 1 aliphatic carbocycles. The lowest BCUT2D eigenvalue weighted by molar-refractivity contribution is 0.349. The summed E-state index contributed by atoms with van der Waals surface area (Å²) in [5.74, 6) is 0. The zero-order valence-corrected chi connectivity index (χ0v) is 20.4. The minimum absolute atomic E-state index is 0.148. The average Bonchev–Trinajstić information content (AvgIpc) is 3.39. The molecule has 0 amide bonds. The quantitative estimate of drug-likeness (QED) is 0.315. The van der Waals surface area contributed by atoms with Gasteiger partial charge in [-0.25, -0.2) is 4.52 Å². The lowest BCUT2D eigenvalue weighted by atomic mass is 9.94. The summed E-state index contributed by atoms with van der Waals surface area (Å²) in [6.07, 6.45) is 11.1. The first-order chi connectivity index (χ1) is 17.2. The number of rotatable bonds is 7. The fourth-order valence-electron chi connectivity index (χ4n) is 5.50. The topological polar surface area (TPSA) is 63.1 Å². The molecule has 0 atom stereocenters. The first kappa shape index (κ1) is 23.1. The summed E-state index contributed by atoms with van der Waals surface area (Å²) in [6.45, 7) is 2.18. The molecule has 1 aliphatic rings. The molecule has 0 N–H and O–H groups in total. The molecule has 0 bridgehead atoms. The second-order valence-corrected chi connectivity index (χ2v) is 9.63. The fraction of sp³-hybridized carbons (Fsp3) is 0.367. The molecule has 1 fully saturated rings. The van der Waals surface area contributed by atoms with Gasteiger partial charge in [0.15, 0.2) is 0 Å². The van der Waals surface area contributed by atoms with Gasteiger partial charge in [0.25, 0.3) is 5.56 Å². The van der Waals surface area contributed by atoms with Gasteiger partial charge in [-0.2, -0.15) is 10.4 Å². The predicted molar refractivity (Wildman–Crippen MR) is 140 cm³/mol. The van der Waals surface area contributed by atoms with Crippen LogP contribution in [0.25, 0.3) is 16.8 Å². The second-order valence-electron chi connectivity index (χ2n) is 9.63. The van der Waals surface area contributed by atoms with E-state index in [1.165, 1.54) is 19.3 Å².